The van der Waals surface area contributed by atoms with E-state index in [-0.39, 0.29) is 11.9 Å². The number of carbonyl (C=O) groups is 1. The Labute approximate surface area is 118 Å². The van der Waals surface area contributed by atoms with Crippen LogP contribution in [0.2, 0.25) is 0 Å². The molecule has 3 nitrogen and oxygen atoms in total. The summed E-state index contributed by atoms with van der Waals surface area (Å²) in [6, 6.07) is 0.709. The highest BCUT2D eigenvalue weighted by atomic mass is 16.1. The molecule has 0 spiro atoms. The Morgan fingerprint density at radius 2 is 1.63 bits per heavy atom. The van der Waals surface area contributed by atoms with Crippen molar-refractivity contribution in [3.8, 4) is 0 Å². The second-order valence-corrected chi connectivity index (χ2v) is 6.52. The third-order valence-corrected chi connectivity index (χ3v) is 4.58. The van der Waals surface area contributed by atoms with E-state index in [4.69, 9.17) is 0 Å². The topological polar surface area (TPSA) is 41.1 Å². The molecule has 2 N–H and O–H groups in total. The maximum absolute atomic E-state index is 11.8. The first-order chi connectivity index (χ1) is 9.00. The molecular formula is C16H32N2O. The second kappa shape index (κ2) is 8.57. The number of carbonyl (C=O) groups excluding carboxylic acids is 1. The van der Waals surface area contributed by atoms with Crippen LogP contribution in [0.3, 0.4) is 0 Å². The van der Waals surface area contributed by atoms with Crippen molar-refractivity contribution >= 4 is 5.91 Å². The molecule has 3 heteroatoms. The van der Waals surface area contributed by atoms with Crippen molar-refractivity contribution in [2.45, 2.75) is 78.3 Å². The Morgan fingerprint density at radius 1 is 1.05 bits per heavy atom. The van der Waals surface area contributed by atoms with E-state index in [0.717, 1.165) is 5.92 Å². The minimum absolute atomic E-state index is 0.127. The number of hydrogen-bond acceptors (Lipinski definition) is 2. The van der Waals surface area contributed by atoms with Gasteiger partial charge in [-0.3, -0.25) is 4.79 Å². The lowest BCUT2D eigenvalue weighted by atomic mass is 9.93. The molecule has 0 aliphatic heterocycles. The van der Waals surface area contributed by atoms with Gasteiger partial charge >= 0.3 is 0 Å². The summed E-state index contributed by atoms with van der Waals surface area (Å²) in [6.45, 7) is 9.01. The van der Waals surface area contributed by atoms with Gasteiger partial charge in [0, 0.05) is 12.1 Å². The average Bonchev–Trinajstić information content (AvgIpc) is 2.64. The standard InChI is InChI=1S/C16H32N2O/c1-12(2)13(3)18-16(19)11-17-14(4)15-9-7-5-6-8-10-15/h12-15,17H,5-11H2,1-4H3,(H,18,19)/t13?,14-/m1/s1. The summed E-state index contributed by atoms with van der Waals surface area (Å²) in [5.74, 6) is 1.36. The molecule has 0 aromatic heterocycles. The Bertz CT molecular complexity index is 257. The van der Waals surface area contributed by atoms with Gasteiger partial charge in [0.05, 0.1) is 6.54 Å². The lowest BCUT2D eigenvalue weighted by Gasteiger charge is -2.24. The largest absolute Gasteiger partial charge is 0.352 e. The maximum atomic E-state index is 11.8. The van der Waals surface area contributed by atoms with Gasteiger partial charge in [0.15, 0.2) is 0 Å². The molecule has 1 saturated carbocycles. The average molecular weight is 268 g/mol. The zero-order valence-corrected chi connectivity index (χ0v) is 13.2. The van der Waals surface area contributed by atoms with Crippen molar-refractivity contribution in [1.29, 1.82) is 0 Å². The third-order valence-electron chi connectivity index (χ3n) is 4.58. The molecule has 0 bridgehead atoms. The summed E-state index contributed by atoms with van der Waals surface area (Å²) >= 11 is 0. The fraction of sp³-hybridized carbons (Fsp3) is 0.938. The van der Waals surface area contributed by atoms with Crippen molar-refractivity contribution in [2.75, 3.05) is 6.54 Å². The highest BCUT2D eigenvalue weighted by Crippen LogP contribution is 2.25. The first-order valence-corrected chi connectivity index (χ1v) is 8.03. The molecule has 0 aromatic carbocycles. The predicted molar refractivity (Wildman–Crippen MR) is 81.1 cm³/mol. The van der Waals surface area contributed by atoms with Gasteiger partial charge < -0.3 is 10.6 Å². The molecule has 1 aliphatic rings. The number of nitrogens with one attached hydrogen (secondary N) is 2. The third kappa shape index (κ3) is 6.42. The molecule has 1 amide bonds. The van der Waals surface area contributed by atoms with Gasteiger partial charge in [0.2, 0.25) is 5.91 Å². The zero-order valence-electron chi connectivity index (χ0n) is 13.2. The lowest BCUT2D eigenvalue weighted by Crippen LogP contribution is -2.44. The molecule has 1 fully saturated rings. The van der Waals surface area contributed by atoms with Crippen molar-refractivity contribution < 1.29 is 4.79 Å². The van der Waals surface area contributed by atoms with Gasteiger partial charge in [-0.05, 0) is 38.5 Å². The van der Waals surface area contributed by atoms with Crippen LogP contribution in [0.1, 0.15) is 66.2 Å². The van der Waals surface area contributed by atoms with Crippen LogP contribution in [0, 0.1) is 11.8 Å². The van der Waals surface area contributed by atoms with Crippen molar-refractivity contribution in [3.63, 3.8) is 0 Å². The van der Waals surface area contributed by atoms with Gasteiger partial charge in [-0.1, -0.05) is 39.5 Å². The Balaban J connectivity index is 2.24. The molecule has 0 aromatic rings. The summed E-state index contributed by atoms with van der Waals surface area (Å²) in [6.07, 6.45) is 8.11. The smallest absolute Gasteiger partial charge is 0.234 e. The summed E-state index contributed by atoms with van der Waals surface area (Å²) in [4.78, 5) is 11.8. The van der Waals surface area contributed by atoms with E-state index in [1.54, 1.807) is 0 Å². The van der Waals surface area contributed by atoms with E-state index in [9.17, 15) is 4.79 Å². The molecule has 1 aliphatic carbocycles. The summed E-state index contributed by atoms with van der Waals surface area (Å²) in [5.41, 5.74) is 0. The monoisotopic (exact) mass is 268 g/mol. The van der Waals surface area contributed by atoms with Crippen LogP contribution >= 0.6 is 0 Å². The van der Waals surface area contributed by atoms with Crippen LogP contribution in [0.4, 0.5) is 0 Å². The van der Waals surface area contributed by atoms with Gasteiger partial charge in [-0.15, -0.1) is 0 Å². The fourth-order valence-electron chi connectivity index (χ4n) is 2.70. The van der Waals surface area contributed by atoms with Crippen molar-refractivity contribution in [2.24, 2.45) is 11.8 Å². The van der Waals surface area contributed by atoms with E-state index >= 15 is 0 Å². The summed E-state index contributed by atoms with van der Waals surface area (Å²) in [5, 5.41) is 6.46. The quantitative estimate of drug-likeness (QED) is 0.727. The molecule has 1 unspecified atom stereocenters. The van der Waals surface area contributed by atoms with Crippen molar-refractivity contribution in [1.82, 2.24) is 10.6 Å². The van der Waals surface area contributed by atoms with Crippen LogP contribution in [0.15, 0.2) is 0 Å². The highest BCUT2D eigenvalue weighted by Gasteiger charge is 2.19. The zero-order chi connectivity index (χ0) is 14.3. The minimum atomic E-state index is 0.127. The second-order valence-electron chi connectivity index (χ2n) is 6.52. The van der Waals surface area contributed by atoms with Crippen LogP contribution in [0.25, 0.3) is 0 Å². The summed E-state index contributed by atoms with van der Waals surface area (Å²) < 4.78 is 0. The van der Waals surface area contributed by atoms with Crippen LogP contribution < -0.4 is 10.6 Å². The van der Waals surface area contributed by atoms with Gasteiger partial charge in [0.25, 0.3) is 0 Å². The first-order valence-electron chi connectivity index (χ1n) is 8.03. The number of amides is 1. The molecular weight excluding hydrogens is 236 g/mol. The van der Waals surface area contributed by atoms with E-state index in [0.29, 0.717) is 18.5 Å². The molecule has 0 saturated heterocycles. The highest BCUT2D eigenvalue weighted by molar-refractivity contribution is 5.78. The van der Waals surface area contributed by atoms with Gasteiger partial charge in [-0.2, -0.15) is 0 Å². The molecule has 0 heterocycles. The number of rotatable bonds is 6. The van der Waals surface area contributed by atoms with E-state index < -0.39 is 0 Å². The predicted octanol–water partition coefficient (Wildman–Crippen LogP) is 3.10. The fourth-order valence-corrected chi connectivity index (χ4v) is 2.70. The van der Waals surface area contributed by atoms with Crippen LogP contribution in [-0.2, 0) is 4.79 Å². The lowest BCUT2D eigenvalue weighted by molar-refractivity contribution is -0.121. The van der Waals surface area contributed by atoms with Crippen molar-refractivity contribution in [3.05, 3.63) is 0 Å². The molecule has 0 radical (unpaired) electrons. The normalized spacial score (nSPS) is 20.9. The van der Waals surface area contributed by atoms with Gasteiger partial charge in [-0.25, -0.2) is 0 Å². The van der Waals surface area contributed by atoms with E-state index in [1.807, 2.05) is 0 Å². The Kier molecular flexibility index (Phi) is 7.44. The molecule has 2 atom stereocenters. The van der Waals surface area contributed by atoms with E-state index in [2.05, 4.69) is 38.3 Å². The molecule has 19 heavy (non-hydrogen) atoms. The number of hydrogen-bond donors (Lipinski definition) is 2. The molecule has 112 valence electrons. The van der Waals surface area contributed by atoms with Crippen LogP contribution in [0.5, 0.6) is 0 Å². The Hall–Kier alpha value is -0.570. The van der Waals surface area contributed by atoms with Crippen LogP contribution in [-0.4, -0.2) is 24.5 Å². The SMILES string of the molecule is CC(C)C(C)NC(=O)CN[C@H](C)C1CCCCCC1. The summed E-state index contributed by atoms with van der Waals surface area (Å²) in [7, 11) is 0. The first kappa shape index (κ1) is 16.5. The van der Waals surface area contributed by atoms with Gasteiger partial charge in [0.1, 0.15) is 0 Å². The maximum Gasteiger partial charge on any atom is 0.234 e. The minimum Gasteiger partial charge on any atom is -0.352 e. The van der Waals surface area contributed by atoms with E-state index in [1.165, 1.54) is 38.5 Å². The Morgan fingerprint density at radius 3 is 2.16 bits per heavy atom. The molecule has 1 rings (SSSR count).